The van der Waals surface area contributed by atoms with Gasteiger partial charge in [-0.05, 0) is 12.1 Å². The number of alkyl halides is 1. The molecule has 1 saturated heterocycles. The van der Waals surface area contributed by atoms with Crippen LogP contribution in [0.5, 0.6) is 0 Å². The second-order valence-corrected chi connectivity index (χ2v) is 8.28. The van der Waals surface area contributed by atoms with Gasteiger partial charge in [0.25, 0.3) is 10.1 Å². The molecular weight excluding hydrogens is 300 g/mol. The van der Waals surface area contributed by atoms with Gasteiger partial charge in [-0.2, -0.15) is 8.42 Å². The van der Waals surface area contributed by atoms with E-state index in [1.54, 1.807) is 18.2 Å². The van der Waals surface area contributed by atoms with E-state index in [1.165, 1.54) is 12.1 Å². The van der Waals surface area contributed by atoms with E-state index in [-0.39, 0.29) is 16.4 Å². The van der Waals surface area contributed by atoms with Gasteiger partial charge < -0.3 is 0 Å². The van der Waals surface area contributed by atoms with Crippen LogP contribution in [0.1, 0.15) is 0 Å². The Morgan fingerprint density at radius 1 is 1.17 bits per heavy atom. The van der Waals surface area contributed by atoms with Crippen LogP contribution in [-0.4, -0.2) is 39.8 Å². The summed E-state index contributed by atoms with van der Waals surface area (Å²) in [7, 11) is -7.30. The second-order valence-electron chi connectivity index (χ2n) is 3.99. The first-order chi connectivity index (χ1) is 8.30. The summed E-state index contributed by atoms with van der Waals surface area (Å²) < 4.78 is 51.3. The predicted molar refractivity (Wildman–Crippen MR) is 66.8 cm³/mol. The number of sulfone groups is 1. The molecule has 1 aliphatic rings. The van der Waals surface area contributed by atoms with Crippen LogP contribution >= 0.6 is 11.6 Å². The lowest BCUT2D eigenvalue weighted by atomic mass is 10.3. The van der Waals surface area contributed by atoms with Crippen molar-refractivity contribution < 1.29 is 21.0 Å². The van der Waals surface area contributed by atoms with Gasteiger partial charge in [0.1, 0.15) is 6.10 Å². The van der Waals surface area contributed by atoms with Crippen molar-refractivity contribution in [3.05, 3.63) is 30.3 Å². The van der Waals surface area contributed by atoms with Crippen molar-refractivity contribution in [1.82, 2.24) is 0 Å². The summed E-state index contributed by atoms with van der Waals surface area (Å²) in [5, 5.41) is -0.839. The molecular formula is C10H11ClO5S2. The molecule has 1 fully saturated rings. The van der Waals surface area contributed by atoms with Crippen LogP contribution < -0.4 is 0 Å². The number of hydrogen-bond donors (Lipinski definition) is 0. The monoisotopic (exact) mass is 310 g/mol. The molecule has 1 aromatic carbocycles. The highest BCUT2D eigenvalue weighted by Crippen LogP contribution is 2.24. The molecule has 1 heterocycles. The normalized spacial score (nSPS) is 27.2. The number of halogens is 1. The third-order valence-corrected chi connectivity index (χ3v) is 6.19. The Balaban J connectivity index is 2.20. The van der Waals surface area contributed by atoms with E-state index in [1.807, 2.05) is 0 Å². The van der Waals surface area contributed by atoms with E-state index in [2.05, 4.69) is 0 Å². The van der Waals surface area contributed by atoms with Gasteiger partial charge in [-0.3, -0.25) is 4.18 Å². The lowest BCUT2D eigenvalue weighted by Crippen LogP contribution is -2.26. The molecule has 0 unspecified atom stereocenters. The van der Waals surface area contributed by atoms with Crippen molar-refractivity contribution in [3.8, 4) is 0 Å². The van der Waals surface area contributed by atoms with E-state index in [0.29, 0.717) is 0 Å². The average molecular weight is 311 g/mol. The third kappa shape index (κ3) is 3.03. The van der Waals surface area contributed by atoms with E-state index < -0.39 is 31.4 Å². The fourth-order valence-electron chi connectivity index (χ4n) is 1.67. The molecule has 100 valence electrons. The van der Waals surface area contributed by atoms with E-state index >= 15 is 0 Å². The van der Waals surface area contributed by atoms with Crippen LogP contribution in [0.4, 0.5) is 0 Å². The minimum atomic E-state index is -3.98. The first-order valence-electron chi connectivity index (χ1n) is 5.13. The lowest BCUT2D eigenvalue weighted by molar-refractivity contribution is 0.239. The summed E-state index contributed by atoms with van der Waals surface area (Å²) in [5.74, 6) is -0.628. The van der Waals surface area contributed by atoms with Crippen molar-refractivity contribution in [2.45, 2.75) is 16.4 Å². The Bertz CT molecular complexity index is 623. The highest BCUT2D eigenvalue weighted by atomic mass is 35.5. The zero-order chi connectivity index (χ0) is 13.4. The van der Waals surface area contributed by atoms with Crippen LogP contribution in [-0.2, 0) is 24.1 Å². The summed E-state index contributed by atoms with van der Waals surface area (Å²) in [6.45, 7) is 0. The molecule has 0 spiro atoms. The van der Waals surface area contributed by atoms with Gasteiger partial charge in [0.05, 0.1) is 21.8 Å². The smallest absolute Gasteiger partial charge is 0.260 e. The zero-order valence-corrected chi connectivity index (χ0v) is 11.6. The van der Waals surface area contributed by atoms with Gasteiger partial charge in [0.15, 0.2) is 9.84 Å². The first-order valence-corrected chi connectivity index (χ1v) is 8.80. The summed E-state index contributed by atoms with van der Waals surface area (Å²) in [6, 6.07) is 7.53. The Morgan fingerprint density at radius 3 is 2.28 bits per heavy atom. The van der Waals surface area contributed by atoms with Crippen molar-refractivity contribution in [2.75, 3.05) is 11.5 Å². The molecule has 2 atom stereocenters. The van der Waals surface area contributed by atoms with Crippen molar-refractivity contribution in [2.24, 2.45) is 0 Å². The molecule has 5 nitrogen and oxygen atoms in total. The van der Waals surface area contributed by atoms with E-state index in [4.69, 9.17) is 15.8 Å². The summed E-state index contributed by atoms with van der Waals surface area (Å²) in [6.07, 6.45) is -1.03. The Kier molecular flexibility index (Phi) is 3.68. The topological polar surface area (TPSA) is 77.5 Å². The van der Waals surface area contributed by atoms with Gasteiger partial charge in [0.2, 0.25) is 0 Å². The average Bonchev–Trinajstić information content (AvgIpc) is 2.52. The molecule has 0 bridgehead atoms. The molecule has 1 aliphatic heterocycles. The quantitative estimate of drug-likeness (QED) is 0.609. The number of hydrogen-bond acceptors (Lipinski definition) is 5. The Hall–Kier alpha value is -0.630. The molecule has 0 radical (unpaired) electrons. The second kappa shape index (κ2) is 4.80. The molecule has 0 amide bonds. The van der Waals surface area contributed by atoms with E-state index in [9.17, 15) is 16.8 Å². The van der Waals surface area contributed by atoms with Crippen LogP contribution in [0.25, 0.3) is 0 Å². The molecule has 8 heteroatoms. The molecule has 1 aromatic rings. The molecule has 0 saturated carbocycles. The standard InChI is InChI=1S/C10H11ClO5S2/c11-9-6-17(12,13)7-10(9)16-18(14,15)8-4-2-1-3-5-8/h1-5,9-10H,6-7H2/t9-,10-/m1/s1. The summed E-state index contributed by atoms with van der Waals surface area (Å²) in [4.78, 5) is -0.0156. The largest absolute Gasteiger partial charge is 0.297 e. The maximum absolute atomic E-state index is 11.9. The van der Waals surface area contributed by atoms with Gasteiger partial charge >= 0.3 is 0 Å². The molecule has 0 aliphatic carbocycles. The van der Waals surface area contributed by atoms with Crippen LogP contribution in [0.3, 0.4) is 0 Å². The highest BCUT2D eigenvalue weighted by Gasteiger charge is 2.40. The Morgan fingerprint density at radius 2 is 1.78 bits per heavy atom. The van der Waals surface area contributed by atoms with Gasteiger partial charge in [0, 0.05) is 0 Å². The van der Waals surface area contributed by atoms with Gasteiger partial charge in [-0.25, -0.2) is 8.42 Å². The van der Waals surface area contributed by atoms with Crippen molar-refractivity contribution in [1.29, 1.82) is 0 Å². The molecule has 0 aromatic heterocycles. The SMILES string of the molecule is O=S1(=O)C[C@@H](Cl)[C@H](OS(=O)(=O)c2ccccc2)C1. The highest BCUT2D eigenvalue weighted by molar-refractivity contribution is 7.92. The zero-order valence-electron chi connectivity index (χ0n) is 9.19. The fourth-order valence-corrected chi connectivity index (χ4v) is 5.40. The van der Waals surface area contributed by atoms with Gasteiger partial charge in [-0.1, -0.05) is 18.2 Å². The fraction of sp³-hybridized carbons (Fsp3) is 0.400. The summed E-state index contributed by atoms with van der Waals surface area (Å²) in [5.41, 5.74) is 0. The molecule has 18 heavy (non-hydrogen) atoms. The minimum absolute atomic E-state index is 0.0156. The van der Waals surface area contributed by atoms with Crippen molar-refractivity contribution in [3.63, 3.8) is 0 Å². The maximum atomic E-state index is 11.9. The van der Waals surface area contributed by atoms with Crippen LogP contribution in [0, 0.1) is 0 Å². The first kappa shape index (κ1) is 13.8. The summed E-state index contributed by atoms with van der Waals surface area (Å²) >= 11 is 5.79. The predicted octanol–water partition coefficient (Wildman–Crippen LogP) is 0.796. The molecule has 2 rings (SSSR count). The van der Waals surface area contributed by atoms with Crippen LogP contribution in [0.2, 0.25) is 0 Å². The third-order valence-electron chi connectivity index (χ3n) is 2.52. The number of benzene rings is 1. The Labute approximate surface area is 111 Å². The molecule has 0 N–H and O–H groups in total. The van der Waals surface area contributed by atoms with Crippen molar-refractivity contribution >= 4 is 31.6 Å². The minimum Gasteiger partial charge on any atom is -0.260 e. The van der Waals surface area contributed by atoms with E-state index in [0.717, 1.165) is 0 Å². The number of rotatable bonds is 3. The van der Waals surface area contributed by atoms with Crippen LogP contribution in [0.15, 0.2) is 35.2 Å². The lowest BCUT2D eigenvalue weighted by Gasteiger charge is -2.13. The van der Waals surface area contributed by atoms with Gasteiger partial charge in [-0.15, -0.1) is 11.6 Å². The maximum Gasteiger partial charge on any atom is 0.297 e.